The monoisotopic (exact) mass is 300 g/mol. The molecule has 0 radical (unpaired) electrons. The van der Waals surface area contributed by atoms with E-state index in [0.29, 0.717) is 12.8 Å². The van der Waals surface area contributed by atoms with E-state index in [1.165, 1.54) is 12.3 Å². The molecule has 1 fully saturated rings. The van der Waals surface area contributed by atoms with E-state index in [1.807, 2.05) is 0 Å². The Morgan fingerprint density at radius 2 is 2.30 bits per heavy atom. The topological polar surface area (TPSA) is 59.1 Å². The molecule has 1 saturated heterocycles. The Morgan fingerprint density at radius 1 is 1.50 bits per heavy atom. The second-order valence-corrected chi connectivity index (χ2v) is 7.68. The van der Waals surface area contributed by atoms with E-state index in [0.717, 1.165) is 18.5 Å². The average Bonchev–Trinajstić information content (AvgIpc) is 2.74. The van der Waals surface area contributed by atoms with Crippen molar-refractivity contribution in [3.63, 3.8) is 0 Å². The predicted octanol–water partition coefficient (Wildman–Crippen LogP) is 2.09. The Balaban J connectivity index is 2.08. The molecule has 0 aliphatic carbocycles. The number of sulfone groups is 1. The van der Waals surface area contributed by atoms with Crippen LogP contribution in [0.25, 0.3) is 0 Å². The third kappa shape index (κ3) is 4.24. The zero-order valence-electron chi connectivity index (χ0n) is 11.7. The molecule has 4 nitrogen and oxygen atoms in total. The van der Waals surface area contributed by atoms with E-state index in [-0.39, 0.29) is 29.3 Å². The minimum Gasteiger partial charge on any atom is -0.310 e. The molecule has 2 atom stereocenters. The molecular weight excluding hydrogens is 279 g/mol. The summed E-state index contributed by atoms with van der Waals surface area (Å²) in [5, 5.41) is 3.37. The van der Waals surface area contributed by atoms with Gasteiger partial charge < -0.3 is 5.32 Å². The number of hydrogen-bond donors (Lipinski definition) is 1. The van der Waals surface area contributed by atoms with Crippen LogP contribution in [0, 0.1) is 11.7 Å². The fourth-order valence-corrected chi connectivity index (χ4v) is 4.55. The molecule has 1 N–H and O–H groups in total. The van der Waals surface area contributed by atoms with E-state index in [1.54, 1.807) is 6.20 Å². The highest BCUT2D eigenvalue weighted by Gasteiger charge is 2.30. The van der Waals surface area contributed by atoms with E-state index >= 15 is 0 Å². The molecule has 1 aromatic heterocycles. The van der Waals surface area contributed by atoms with Crippen molar-refractivity contribution >= 4 is 9.84 Å². The van der Waals surface area contributed by atoms with Crippen molar-refractivity contribution in [2.75, 3.05) is 18.1 Å². The maximum absolute atomic E-state index is 13.3. The van der Waals surface area contributed by atoms with Gasteiger partial charge in [-0.15, -0.1) is 0 Å². The van der Waals surface area contributed by atoms with Gasteiger partial charge in [-0.05, 0) is 43.4 Å². The SMILES string of the molecule is CCCNC(CC1CCS(=O)(=O)C1)c1cncc(F)c1. The molecule has 6 heteroatoms. The van der Waals surface area contributed by atoms with Gasteiger partial charge in [0.1, 0.15) is 5.82 Å². The van der Waals surface area contributed by atoms with Crippen molar-refractivity contribution in [2.45, 2.75) is 32.2 Å². The van der Waals surface area contributed by atoms with Gasteiger partial charge >= 0.3 is 0 Å². The maximum Gasteiger partial charge on any atom is 0.150 e. The lowest BCUT2D eigenvalue weighted by molar-refractivity contribution is 0.412. The number of pyridine rings is 1. The Bertz CT molecular complexity index is 548. The molecule has 0 amide bonds. The molecule has 2 heterocycles. The van der Waals surface area contributed by atoms with Crippen LogP contribution in [-0.2, 0) is 9.84 Å². The summed E-state index contributed by atoms with van der Waals surface area (Å²) in [7, 11) is -2.87. The second-order valence-electron chi connectivity index (χ2n) is 5.45. The highest BCUT2D eigenvalue weighted by Crippen LogP contribution is 2.29. The largest absolute Gasteiger partial charge is 0.310 e. The van der Waals surface area contributed by atoms with Crippen LogP contribution in [0.1, 0.15) is 37.8 Å². The molecular formula is C14H21FN2O2S. The fraction of sp³-hybridized carbons (Fsp3) is 0.643. The summed E-state index contributed by atoms with van der Waals surface area (Å²) < 4.78 is 36.4. The van der Waals surface area contributed by atoms with Crippen LogP contribution >= 0.6 is 0 Å². The van der Waals surface area contributed by atoms with Crippen LogP contribution in [0.15, 0.2) is 18.5 Å². The molecule has 0 aromatic carbocycles. The summed E-state index contributed by atoms with van der Waals surface area (Å²) in [4.78, 5) is 3.88. The number of nitrogens with one attached hydrogen (secondary N) is 1. The number of halogens is 1. The van der Waals surface area contributed by atoms with Gasteiger partial charge in [-0.3, -0.25) is 4.98 Å². The van der Waals surface area contributed by atoms with Gasteiger partial charge in [-0.2, -0.15) is 0 Å². The molecule has 1 aromatic rings. The normalized spacial score (nSPS) is 22.8. The first-order valence-electron chi connectivity index (χ1n) is 7.04. The van der Waals surface area contributed by atoms with Gasteiger partial charge in [0.25, 0.3) is 0 Å². The van der Waals surface area contributed by atoms with Crippen LogP contribution in [0.5, 0.6) is 0 Å². The Morgan fingerprint density at radius 3 is 2.90 bits per heavy atom. The van der Waals surface area contributed by atoms with E-state index in [4.69, 9.17) is 0 Å². The summed E-state index contributed by atoms with van der Waals surface area (Å²) in [5.41, 5.74) is 0.794. The van der Waals surface area contributed by atoms with Gasteiger partial charge in [0.2, 0.25) is 0 Å². The molecule has 20 heavy (non-hydrogen) atoms. The third-order valence-electron chi connectivity index (χ3n) is 3.66. The first-order valence-corrected chi connectivity index (χ1v) is 8.86. The van der Waals surface area contributed by atoms with Crippen molar-refractivity contribution in [3.8, 4) is 0 Å². The van der Waals surface area contributed by atoms with Gasteiger partial charge in [0, 0.05) is 12.2 Å². The number of rotatable bonds is 6. The summed E-state index contributed by atoms with van der Waals surface area (Å²) in [6, 6.07) is 1.44. The van der Waals surface area contributed by atoms with Crippen LogP contribution in [0.2, 0.25) is 0 Å². The van der Waals surface area contributed by atoms with Gasteiger partial charge in [0.15, 0.2) is 9.84 Å². The van der Waals surface area contributed by atoms with Crippen LogP contribution in [0.4, 0.5) is 4.39 Å². The standard InChI is InChI=1S/C14H21FN2O2S/c1-2-4-17-14(12-7-13(15)9-16-8-12)6-11-3-5-20(18,19)10-11/h7-9,11,14,17H,2-6,10H2,1H3. The van der Waals surface area contributed by atoms with E-state index < -0.39 is 9.84 Å². The Kier molecular flexibility index (Phi) is 5.10. The van der Waals surface area contributed by atoms with Crippen LogP contribution in [-0.4, -0.2) is 31.5 Å². The smallest absolute Gasteiger partial charge is 0.150 e. The molecule has 2 rings (SSSR count). The van der Waals surface area contributed by atoms with Crippen molar-refractivity contribution in [2.24, 2.45) is 5.92 Å². The molecule has 0 saturated carbocycles. The van der Waals surface area contributed by atoms with E-state index in [2.05, 4.69) is 17.2 Å². The molecule has 1 aliphatic rings. The Labute approximate surface area is 119 Å². The highest BCUT2D eigenvalue weighted by molar-refractivity contribution is 7.91. The van der Waals surface area contributed by atoms with Crippen molar-refractivity contribution in [3.05, 3.63) is 29.8 Å². The number of hydrogen-bond acceptors (Lipinski definition) is 4. The van der Waals surface area contributed by atoms with Gasteiger partial charge in [-0.1, -0.05) is 6.92 Å². The lowest BCUT2D eigenvalue weighted by atomic mass is 9.95. The van der Waals surface area contributed by atoms with Crippen molar-refractivity contribution < 1.29 is 12.8 Å². The predicted molar refractivity (Wildman–Crippen MR) is 76.6 cm³/mol. The lowest BCUT2D eigenvalue weighted by Gasteiger charge is -2.21. The fourth-order valence-electron chi connectivity index (χ4n) is 2.67. The summed E-state index contributed by atoms with van der Waals surface area (Å²) in [6.45, 7) is 2.88. The van der Waals surface area contributed by atoms with Crippen LogP contribution < -0.4 is 5.32 Å². The average molecular weight is 300 g/mol. The van der Waals surface area contributed by atoms with Crippen LogP contribution in [0.3, 0.4) is 0 Å². The lowest BCUT2D eigenvalue weighted by Crippen LogP contribution is -2.25. The first-order chi connectivity index (χ1) is 9.50. The minimum atomic E-state index is -2.87. The maximum atomic E-state index is 13.3. The van der Waals surface area contributed by atoms with E-state index in [9.17, 15) is 12.8 Å². The summed E-state index contributed by atoms with van der Waals surface area (Å²) in [5.74, 6) is 0.321. The molecule has 0 spiro atoms. The van der Waals surface area contributed by atoms with Crippen molar-refractivity contribution in [1.29, 1.82) is 0 Å². The second kappa shape index (κ2) is 6.63. The number of nitrogens with zero attached hydrogens (tertiary/aromatic N) is 1. The summed E-state index contributed by atoms with van der Waals surface area (Å²) in [6.07, 6.45) is 5.22. The molecule has 0 bridgehead atoms. The molecule has 112 valence electrons. The zero-order valence-corrected chi connectivity index (χ0v) is 12.5. The minimum absolute atomic E-state index is 0.0311. The number of aromatic nitrogens is 1. The zero-order chi connectivity index (χ0) is 14.6. The summed E-state index contributed by atoms with van der Waals surface area (Å²) >= 11 is 0. The molecule has 2 unspecified atom stereocenters. The Hall–Kier alpha value is -1.01. The molecule has 1 aliphatic heterocycles. The first kappa shape index (κ1) is 15.4. The quantitative estimate of drug-likeness (QED) is 0.874. The van der Waals surface area contributed by atoms with Gasteiger partial charge in [0.05, 0.1) is 17.7 Å². The van der Waals surface area contributed by atoms with Crippen molar-refractivity contribution in [1.82, 2.24) is 10.3 Å². The van der Waals surface area contributed by atoms with Gasteiger partial charge in [-0.25, -0.2) is 12.8 Å². The highest BCUT2D eigenvalue weighted by atomic mass is 32.2. The third-order valence-corrected chi connectivity index (χ3v) is 5.50.